The molecule has 1 aromatic carbocycles. The van der Waals surface area contributed by atoms with Crippen LogP contribution in [-0.2, 0) is 4.79 Å². The number of benzene rings is 1. The second-order valence-corrected chi connectivity index (χ2v) is 7.23. The molecule has 7 heteroatoms. The van der Waals surface area contributed by atoms with E-state index in [0.29, 0.717) is 30.5 Å². The Balaban J connectivity index is 1.48. The lowest BCUT2D eigenvalue weighted by Gasteiger charge is -2.67. The predicted octanol–water partition coefficient (Wildman–Crippen LogP) is 2.62. The Kier molecular flexibility index (Phi) is 3.68. The van der Waals surface area contributed by atoms with Gasteiger partial charge in [-0.2, -0.15) is 0 Å². The van der Waals surface area contributed by atoms with Crippen molar-refractivity contribution in [2.45, 2.75) is 30.8 Å². The van der Waals surface area contributed by atoms with Crippen LogP contribution in [0.15, 0.2) is 48.7 Å². The maximum Gasteiger partial charge on any atom is 0.316 e. The van der Waals surface area contributed by atoms with Crippen LogP contribution in [0.5, 0.6) is 0 Å². The highest BCUT2D eigenvalue weighted by atomic mass is 19.1. The molecular weight excluding hydrogens is 337 g/mol. The molecule has 0 radical (unpaired) electrons. The van der Waals surface area contributed by atoms with Crippen LogP contribution in [0.4, 0.5) is 9.18 Å². The van der Waals surface area contributed by atoms with Crippen LogP contribution in [0.25, 0.3) is 0 Å². The highest BCUT2D eigenvalue weighted by Crippen LogP contribution is 2.67. The van der Waals surface area contributed by atoms with E-state index in [1.807, 2.05) is 6.07 Å². The minimum Gasteiger partial charge on any atom is -0.481 e. The van der Waals surface area contributed by atoms with Gasteiger partial charge in [-0.25, -0.2) is 9.18 Å². The number of nitrogens with zero attached hydrogens (tertiary/aromatic N) is 1. The number of carboxylic acid groups (broad SMARTS) is 1. The summed E-state index contributed by atoms with van der Waals surface area (Å²) in [6.07, 6.45) is 3.03. The van der Waals surface area contributed by atoms with Crippen molar-refractivity contribution in [1.82, 2.24) is 15.6 Å². The summed E-state index contributed by atoms with van der Waals surface area (Å²) in [5.41, 5.74) is 0.276. The van der Waals surface area contributed by atoms with Crippen LogP contribution in [0.3, 0.4) is 0 Å². The van der Waals surface area contributed by atoms with Crippen molar-refractivity contribution in [3.05, 3.63) is 65.7 Å². The van der Waals surface area contributed by atoms with Gasteiger partial charge in [0, 0.05) is 11.7 Å². The van der Waals surface area contributed by atoms with Crippen molar-refractivity contribution in [3.8, 4) is 0 Å². The van der Waals surface area contributed by atoms with Gasteiger partial charge in [-0.1, -0.05) is 18.2 Å². The largest absolute Gasteiger partial charge is 0.481 e. The lowest BCUT2D eigenvalue weighted by Crippen LogP contribution is -2.77. The molecule has 1 atom stereocenters. The second-order valence-electron chi connectivity index (χ2n) is 7.23. The summed E-state index contributed by atoms with van der Waals surface area (Å²) in [4.78, 5) is 28.0. The van der Waals surface area contributed by atoms with Gasteiger partial charge in [0.25, 0.3) is 0 Å². The quantitative estimate of drug-likeness (QED) is 0.769. The minimum atomic E-state index is -0.792. The van der Waals surface area contributed by atoms with E-state index in [9.17, 15) is 19.1 Å². The van der Waals surface area contributed by atoms with Crippen molar-refractivity contribution < 1.29 is 19.1 Å². The molecule has 3 N–H and O–H groups in total. The van der Waals surface area contributed by atoms with Crippen molar-refractivity contribution in [1.29, 1.82) is 0 Å². The Morgan fingerprint density at radius 3 is 2.38 bits per heavy atom. The van der Waals surface area contributed by atoms with Crippen molar-refractivity contribution in [2.75, 3.05) is 0 Å². The lowest BCUT2D eigenvalue weighted by atomic mass is 9.39. The van der Waals surface area contributed by atoms with Crippen LogP contribution in [-0.4, -0.2) is 27.6 Å². The summed E-state index contributed by atoms with van der Waals surface area (Å²) < 4.78 is 13.2. The first-order valence-corrected chi connectivity index (χ1v) is 8.40. The fraction of sp³-hybridized carbons (Fsp3) is 0.316. The molecule has 2 bridgehead atoms. The van der Waals surface area contributed by atoms with E-state index in [0.717, 1.165) is 0 Å². The molecule has 134 valence electrons. The Labute approximate surface area is 149 Å². The van der Waals surface area contributed by atoms with E-state index >= 15 is 0 Å². The fourth-order valence-electron chi connectivity index (χ4n) is 4.09. The van der Waals surface area contributed by atoms with Gasteiger partial charge in [-0.15, -0.1) is 0 Å². The number of urea groups is 1. The molecule has 1 unspecified atom stereocenters. The molecule has 6 nitrogen and oxygen atoms in total. The van der Waals surface area contributed by atoms with Gasteiger partial charge in [0.05, 0.1) is 17.2 Å². The third-order valence-corrected chi connectivity index (χ3v) is 5.33. The zero-order valence-corrected chi connectivity index (χ0v) is 13.9. The maximum absolute atomic E-state index is 13.2. The monoisotopic (exact) mass is 355 g/mol. The zero-order chi connectivity index (χ0) is 18.4. The third kappa shape index (κ3) is 2.69. The van der Waals surface area contributed by atoms with E-state index in [2.05, 4.69) is 15.6 Å². The van der Waals surface area contributed by atoms with Crippen LogP contribution in [0.2, 0.25) is 0 Å². The molecule has 1 heterocycles. The topological polar surface area (TPSA) is 91.3 Å². The summed E-state index contributed by atoms with van der Waals surface area (Å²) in [5, 5.41) is 15.0. The van der Waals surface area contributed by atoms with Gasteiger partial charge in [0.2, 0.25) is 0 Å². The highest BCUT2D eigenvalue weighted by Gasteiger charge is 2.72. The molecule has 0 spiro atoms. The van der Waals surface area contributed by atoms with Crippen molar-refractivity contribution >= 4 is 12.0 Å². The van der Waals surface area contributed by atoms with Crippen LogP contribution >= 0.6 is 0 Å². The Bertz CT molecular complexity index is 834. The molecule has 0 aliphatic heterocycles. The van der Waals surface area contributed by atoms with Gasteiger partial charge in [0.1, 0.15) is 5.82 Å². The first-order chi connectivity index (χ1) is 12.4. The predicted molar refractivity (Wildman–Crippen MR) is 90.8 cm³/mol. The molecule has 3 aliphatic carbocycles. The van der Waals surface area contributed by atoms with Crippen LogP contribution < -0.4 is 10.6 Å². The first kappa shape index (κ1) is 16.5. The summed E-state index contributed by atoms with van der Waals surface area (Å²) in [6, 6.07) is 10.3. The number of carboxylic acids is 1. The van der Waals surface area contributed by atoms with Gasteiger partial charge in [-0.05, 0) is 49.1 Å². The highest BCUT2D eigenvalue weighted by molar-refractivity contribution is 5.83. The van der Waals surface area contributed by atoms with Gasteiger partial charge in [0.15, 0.2) is 0 Å². The average Bonchev–Trinajstić information content (AvgIpc) is 2.56. The molecule has 3 saturated carbocycles. The van der Waals surface area contributed by atoms with Gasteiger partial charge in [-0.3, -0.25) is 9.78 Å². The smallest absolute Gasteiger partial charge is 0.316 e. The molecule has 1 aromatic heterocycles. The number of halogens is 1. The fourth-order valence-corrected chi connectivity index (χ4v) is 4.09. The number of nitrogens with one attached hydrogen (secondary N) is 2. The number of carbonyl (C=O) groups is 2. The number of hydrogen-bond donors (Lipinski definition) is 3. The normalized spacial score (nSPS) is 26.8. The van der Waals surface area contributed by atoms with E-state index in [1.165, 1.54) is 12.1 Å². The summed E-state index contributed by atoms with van der Waals surface area (Å²) in [5.74, 6) is -1.15. The van der Waals surface area contributed by atoms with Crippen molar-refractivity contribution in [2.24, 2.45) is 5.41 Å². The molecule has 2 amide bonds. The van der Waals surface area contributed by atoms with Crippen LogP contribution in [0.1, 0.15) is 36.6 Å². The number of amides is 2. The van der Waals surface area contributed by atoms with E-state index < -0.39 is 23.0 Å². The van der Waals surface area contributed by atoms with Crippen molar-refractivity contribution in [3.63, 3.8) is 0 Å². The molecule has 3 fully saturated rings. The van der Waals surface area contributed by atoms with Gasteiger partial charge < -0.3 is 15.7 Å². The molecule has 3 aliphatic rings. The number of rotatable bonds is 5. The Morgan fingerprint density at radius 2 is 1.81 bits per heavy atom. The third-order valence-electron chi connectivity index (χ3n) is 5.33. The number of aromatic nitrogens is 1. The van der Waals surface area contributed by atoms with E-state index in [4.69, 9.17) is 0 Å². The van der Waals surface area contributed by atoms with E-state index in [1.54, 1.807) is 30.5 Å². The number of aliphatic carboxylic acids is 1. The summed E-state index contributed by atoms with van der Waals surface area (Å²) in [7, 11) is 0. The molecule has 0 saturated heterocycles. The Hall–Kier alpha value is -2.96. The summed E-state index contributed by atoms with van der Waals surface area (Å²) >= 11 is 0. The van der Waals surface area contributed by atoms with Crippen LogP contribution in [0, 0.1) is 11.2 Å². The average molecular weight is 355 g/mol. The number of hydrogen-bond acceptors (Lipinski definition) is 3. The van der Waals surface area contributed by atoms with E-state index in [-0.39, 0.29) is 11.8 Å². The second kappa shape index (κ2) is 5.79. The number of carbonyl (C=O) groups excluding carboxylic acids is 1. The molecule has 26 heavy (non-hydrogen) atoms. The maximum atomic E-state index is 13.2. The Morgan fingerprint density at radius 1 is 1.12 bits per heavy atom. The standard InChI is InChI=1S/C19H18FN3O3/c20-13-6-4-12(5-7-13)15(14-3-1-2-8-21-14)22-17(26)23-19-9-18(10-19,11-19)16(24)25/h1-8,15H,9-11H2,(H,24,25)(H2,22,23,26). The first-order valence-electron chi connectivity index (χ1n) is 8.40. The van der Waals surface area contributed by atoms with Gasteiger partial charge >= 0.3 is 12.0 Å². The summed E-state index contributed by atoms with van der Waals surface area (Å²) in [6.45, 7) is 0. The SMILES string of the molecule is O=C(NC(c1ccc(F)cc1)c1ccccn1)NC12CC(C(=O)O)(C1)C2. The molecule has 5 rings (SSSR count). The molecule has 2 aromatic rings. The minimum absolute atomic E-state index is 0.356. The zero-order valence-electron chi connectivity index (χ0n) is 13.9. The molecular formula is C19H18FN3O3. The lowest BCUT2D eigenvalue weighted by molar-refractivity contribution is -0.196. The number of pyridine rings is 1.